The molecule has 3 N–H and O–H groups in total. The van der Waals surface area contributed by atoms with Crippen LogP contribution in [0.15, 0.2) is 69.5 Å². The third-order valence-electron chi connectivity index (χ3n) is 13.5. The van der Waals surface area contributed by atoms with Crippen molar-refractivity contribution in [2.75, 3.05) is 13.2 Å². The summed E-state index contributed by atoms with van der Waals surface area (Å²) in [6.07, 6.45) is 22.9. The molecule has 1 aliphatic heterocycles. The van der Waals surface area contributed by atoms with Crippen LogP contribution in [0.4, 0.5) is 0 Å². The van der Waals surface area contributed by atoms with Gasteiger partial charge < -0.3 is 18.9 Å². The molecule has 2 aromatic carbocycles. The third-order valence-corrected chi connectivity index (χ3v) is 13.5. The van der Waals surface area contributed by atoms with Gasteiger partial charge in [-0.1, -0.05) is 151 Å². The number of nitrogens with one attached hydrogen (secondary N) is 3. The number of rotatable bonds is 24. The van der Waals surface area contributed by atoms with Crippen molar-refractivity contribution in [3.8, 4) is 0 Å². The SMILES string of the molecule is Cc1oc([C@H](CCCC2CCCCC2)CC(=O)NOCc2ccccc2)nc1C=O.Cc1oc([C@H](CCCC2CCCCC2)CC(=O)NOCc2ccccc2)nc1CNC1CCOCC1. The molecule has 2 aromatic heterocycles. The quantitative estimate of drug-likeness (QED) is 0.0452. The molecular weight excluding hydrogens is 835 g/mol. The number of oxazole rings is 2. The fraction of sp³-hybridized carbons (Fsp3) is 0.604. The summed E-state index contributed by atoms with van der Waals surface area (Å²) in [4.78, 5) is 56.4. The number of aryl methyl sites for hydroxylation is 2. The Balaban J connectivity index is 0.000000222. The van der Waals surface area contributed by atoms with E-state index in [-0.39, 0.29) is 30.1 Å². The third kappa shape index (κ3) is 17.8. The molecule has 3 fully saturated rings. The van der Waals surface area contributed by atoms with Crippen LogP contribution in [0.25, 0.3) is 0 Å². The Morgan fingerprint density at radius 3 is 1.64 bits per heavy atom. The largest absolute Gasteiger partial charge is 0.445 e. The van der Waals surface area contributed by atoms with Crippen LogP contribution in [-0.2, 0) is 43.8 Å². The Morgan fingerprint density at radius 2 is 1.15 bits per heavy atom. The maximum absolute atomic E-state index is 12.8. The normalized spacial score (nSPS) is 17.1. The van der Waals surface area contributed by atoms with Crippen molar-refractivity contribution in [2.24, 2.45) is 11.8 Å². The van der Waals surface area contributed by atoms with Crippen LogP contribution in [0.3, 0.4) is 0 Å². The van der Waals surface area contributed by atoms with Gasteiger partial charge in [-0.3, -0.25) is 24.1 Å². The van der Waals surface area contributed by atoms with Gasteiger partial charge in [-0.15, -0.1) is 0 Å². The minimum atomic E-state index is -0.211. The first-order valence-electron chi connectivity index (χ1n) is 24.9. The average Bonchev–Trinajstić information content (AvgIpc) is 3.93. The second-order valence-electron chi connectivity index (χ2n) is 18.7. The number of carbonyl (C=O) groups excluding carboxylic acids is 3. The van der Waals surface area contributed by atoms with Crippen molar-refractivity contribution in [3.63, 3.8) is 0 Å². The monoisotopic (exact) mass is 910 g/mol. The van der Waals surface area contributed by atoms with E-state index in [9.17, 15) is 14.4 Å². The van der Waals surface area contributed by atoms with Crippen molar-refractivity contribution in [1.82, 2.24) is 26.2 Å². The van der Waals surface area contributed by atoms with E-state index >= 15 is 0 Å². The first-order chi connectivity index (χ1) is 32.3. The summed E-state index contributed by atoms with van der Waals surface area (Å²) in [7, 11) is 0. The molecular formula is C53H75N5O8. The first-order valence-corrected chi connectivity index (χ1v) is 24.9. The lowest BCUT2D eigenvalue weighted by atomic mass is 9.84. The van der Waals surface area contributed by atoms with Crippen LogP contribution in [0, 0.1) is 25.7 Å². The van der Waals surface area contributed by atoms with Crippen molar-refractivity contribution in [2.45, 2.75) is 180 Å². The predicted molar refractivity (Wildman–Crippen MR) is 253 cm³/mol. The number of benzene rings is 2. The minimum absolute atomic E-state index is 0.0514. The molecule has 2 saturated carbocycles. The van der Waals surface area contributed by atoms with Gasteiger partial charge in [-0.25, -0.2) is 20.9 Å². The Bertz CT molecular complexity index is 1990. The Hall–Kier alpha value is -4.69. The Morgan fingerprint density at radius 1 is 0.667 bits per heavy atom. The van der Waals surface area contributed by atoms with E-state index in [1.54, 1.807) is 6.92 Å². The zero-order chi connectivity index (χ0) is 46.2. The molecule has 0 unspecified atom stereocenters. The highest BCUT2D eigenvalue weighted by Crippen LogP contribution is 2.33. The van der Waals surface area contributed by atoms with E-state index in [2.05, 4.69) is 21.3 Å². The van der Waals surface area contributed by atoms with Crippen LogP contribution in [0.2, 0.25) is 0 Å². The van der Waals surface area contributed by atoms with Gasteiger partial charge in [0, 0.05) is 50.5 Å². The highest BCUT2D eigenvalue weighted by Gasteiger charge is 2.26. The van der Waals surface area contributed by atoms with E-state index in [4.69, 9.17) is 28.2 Å². The molecule has 4 aromatic rings. The smallest absolute Gasteiger partial charge is 0.244 e. The molecule has 2 amide bonds. The zero-order valence-electron chi connectivity index (χ0n) is 39.6. The van der Waals surface area contributed by atoms with E-state index < -0.39 is 0 Å². The number of aldehydes is 1. The maximum Gasteiger partial charge on any atom is 0.244 e. The number of amides is 2. The van der Waals surface area contributed by atoms with Gasteiger partial charge in [0.05, 0.1) is 18.9 Å². The second-order valence-corrected chi connectivity index (χ2v) is 18.7. The maximum atomic E-state index is 12.8. The minimum Gasteiger partial charge on any atom is -0.445 e. The lowest BCUT2D eigenvalue weighted by Gasteiger charge is -2.22. The standard InChI is InChI=1S/C29H43N3O4.C24H32N2O4/c1-22-27(20-30-26-15-17-34-18-16-26)31-29(36-22)25(14-8-13-23-9-4-2-5-10-23)19-28(33)32-35-21-24-11-6-3-7-12-24;1-18-22(16-27)25-24(30-18)21(14-8-13-19-9-4-2-5-10-19)15-23(28)26-29-17-20-11-6-3-7-12-20/h3,6-7,11-12,23,25-26,30H,2,4-5,8-10,13-21H2,1H3,(H,32,33);3,6-7,11-12,16,19,21H,2,4-5,8-10,13-15,17H2,1H3,(H,26,28)/t25-;21-/m11/s1. The lowest BCUT2D eigenvalue weighted by Crippen LogP contribution is -2.34. The van der Waals surface area contributed by atoms with Crippen LogP contribution in [0.5, 0.6) is 0 Å². The molecule has 1 saturated heterocycles. The number of hydrogen-bond acceptors (Lipinski definition) is 11. The van der Waals surface area contributed by atoms with E-state index in [0.29, 0.717) is 61.7 Å². The number of ether oxygens (including phenoxy) is 1. The number of hydroxylamine groups is 2. The summed E-state index contributed by atoms with van der Waals surface area (Å²) in [5, 5.41) is 3.60. The van der Waals surface area contributed by atoms with Gasteiger partial charge in [0.25, 0.3) is 0 Å². The van der Waals surface area contributed by atoms with E-state index in [1.165, 1.54) is 77.0 Å². The Labute approximate surface area is 392 Å². The van der Waals surface area contributed by atoms with Crippen molar-refractivity contribution >= 4 is 18.1 Å². The van der Waals surface area contributed by atoms with Gasteiger partial charge in [-0.2, -0.15) is 0 Å². The van der Waals surface area contributed by atoms with Crippen molar-refractivity contribution in [1.29, 1.82) is 0 Å². The summed E-state index contributed by atoms with van der Waals surface area (Å²) in [5.74, 6) is 3.54. The van der Waals surface area contributed by atoms with Crippen molar-refractivity contribution < 1.29 is 37.6 Å². The number of nitrogens with zero attached hydrogens (tertiary/aromatic N) is 2. The lowest BCUT2D eigenvalue weighted by molar-refractivity contribution is -0.135. The molecule has 0 bridgehead atoms. The second kappa shape index (κ2) is 28.5. The van der Waals surface area contributed by atoms with Gasteiger partial charge in [0.2, 0.25) is 11.8 Å². The van der Waals surface area contributed by atoms with Crippen LogP contribution in [0.1, 0.15) is 191 Å². The molecule has 13 heteroatoms. The van der Waals surface area contributed by atoms with Gasteiger partial charge in [-0.05, 0) is 62.5 Å². The molecule has 360 valence electrons. The van der Waals surface area contributed by atoms with Crippen LogP contribution >= 0.6 is 0 Å². The van der Waals surface area contributed by atoms with Gasteiger partial charge >= 0.3 is 0 Å². The predicted octanol–water partition coefficient (Wildman–Crippen LogP) is 11.0. The van der Waals surface area contributed by atoms with Crippen LogP contribution < -0.4 is 16.3 Å². The number of carbonyl (C=O) groups is 3. The molecule has 3 heterocycles. The highest BCUT2D eigenvalue weighted by atomic mass is 16.7. The summed E-state index contributed by atoms with van der Waals surface area (Å²) in [6.45, 7) is 6.66. The summed E-state index contributed by atoms with van der Waals surface area (Å²) >= 11 is 0. The highest BCUT2D eigenvalue weighted by molar-refractivity contribution is 5.76. The van der Waals surface area contributed by atoms with Gasteiger partial charge in [0.15, 0.2) is 18.1 Å². The van der Waals surface area contributed by atoms with Gasteiger partial charge in [0.1, 0.15) is 17.2 Å². The van der Waals surface area contributed by atoms with E-state index in [0.717, 1.165) is 86.2 Å². The first kappa shape index (κ1) is 50.7. The summed E-state index contributed by atoms with van der Waals surface area (Å²) in [6, 6.07) is 20.0. The molecule has 0 spiro atoms. The van der Waals surface area contributed by atoms with Crippen molar-refractivity contribution in [3.05, 3.63) is 106 Å². The fourth-order valence-corrected chi connectivity index (χ4v) is 9.61. The topological polar surface area (TPSA) is 167 Å². The Kier molecular flexibility index (Phi) is 21.9. The summed E-state index contributed by atoms with van der Waals surface area (Å²) < 4.78 is 17.3. The summed E-state index contributed by atoms with van der Waals surface area (Å²) in [5.41, 5.74) is 8.41. The molecule has 2 atom stereocenters. The number of hydrogen-bond donors (Lipinski definition) is 3. The molecule has 3 aliphatic rings. The molecule has 13 nitrogen and oxygen atoms in total. The van der Waals surface area contributed by atoms with E-state index in [1.807, 2.05) is 67.6 Å². The fourth-order valence-electron chi connectivity index (χ4n) is 9.61. The molecule has 0 radical (unpaired) electrons. The zero-order valence-corrected chi connectivity index (χ0v) is 39.6. The van der Waals surface area contributed by atoms with Crippen LogP contribution in [-0.4, -0.2) is 47.3 Å². The molecule has 7 rings (SSSR count). The molecule has 66 heavy (non-hydrogen) atoms. The average molecular weight is 910 g/mol. The number of aromatic nitrogens is 2. The molecule has 2 aliphatic carbocycles.